The molecule has 1 aliphatic heterocycles. The molecule has 126 valence electrons. The fourth-order valence-electron chi connectivity index (χ4n) is 3.18. The largest absolute Gasteiger partial charge is 0.486 e. The number of fused-ring (bicyclic) bond motifs is 1. The zero-order valence-corrected chi connectivity index (χ0v) is 13.9. The van der Waals surface area contributed by atoms with Crippen LogP contribution < -0.4 is 14.8 Å². The Morgan fingerprint density at radius 1 is 1.22 bits per heavy atom. The van der Waals surface area contributed by atoms with E-state index in [0.717, 1.165) is 12.8 Å². The number of hydrogen-bond donors (Lipinski definition) is 1. The summed E-state index contributed by atoms with van der Waals surface area (Å²) in [7, 11) is -3.44. The molecule has 1 heterocycles. The summed E-state index contributed by atoms with van der Waals surface area (Å²) in [6.07, 6.45) is 3.26. The van der Waals surface area contributed by atoms with Gasteiger partial charge in [-0.25, -0.2) is 8.42 Å². The van der Waals surface area contributed by atoms with Crippen LogP contribution in [0.3, 0.4) is 0 Å². The molecule has 0 radical (unpaired) electrons. The Bertz CT molecular complexity index is 707. The lowest BCUT2D eigenvalue weighted by atomic mass is 10.1. The number of rotatable bonds is 4. The Hall–Kier alpha value is -1.76. The van der Waals surface area contributed by atoms with Gasteiger partial charge in [0.15, 0.2) is 21.3 Å². The highest BCUT2D eigenvalue weighted by atomic mass is 32.2. The number of carbonyl (C=O) groups is 1. The number of ether oxygens (including phenoxy) is 2. The van der Waals surface area contributed by atoms with Gasteiger partial charge in [-0.1, -0.05) is 12.8 Å². The third-order valence-corrected chi connectivity index (χ3v) is 6.67. The molecular weight excluding hydrogens is 318 g/mol. The fourth-order valence-corrected chi connectivity index (χ4v) is 5.26. The molecule has 1 saturated carbocycles. The number of amides is 1. The van der Waals surface area contributed by atoms with E-state index in [1.54, 1.807) is 12.1 Å². The number of nitrogens with one attached hydrogen (secondary N) is 1. The predicted molar refractivity (Wildman–Crippen MR) is 84.4 cm³/mol. The van der Waals surface area contributed by atoms with E-state index in [0.29, 0.717) is 43.1 Å². The first-order valence-corrected chi connectivity index (χ1v) is 9.44. The molecule has 3 rings (SSSR count). The van der Waals surface area contributed by atoms with Crippen LogP contribution in [-0.2, 0) is 21.2 Å². The zero-order valence-electron chi connectivity index (χ0n) is 13.1. The lowest BCUT2D eigenvalue weighted by Gasteiger charge is -2.24. The van der Waals surface area contributed by atoms with Crippen LogP contribution in [0.1, 0.15) is 38.2 Å². The Kier molecular flexibility index (Phi) is 4.48. The maximum Gasteiger partial charge on any atom is 0.217 e. The molecule has 1 amide bonds. The van der Waals surface area contributed by atoms with Gasteiger partial charge in [-0.3, -0.25) is 4.79 Å². The summed E-state index contributed by atoms with van der Waals surface area (Å²) >= 11 is 0. The lowest BCUT2D eigenvalue weighted by Crippen LogP contribution is -2.26. The van der Waals surface area contributed by atoms with E-state index in [9.17, 15) is 13.2 Å². The standard InChI is InChI=1S/C16H21NO5S/c1-11(18)17-10-13-15(23(19,20)12-4-2-3-5-12)7-6-14-16(13)22-9-8-21-14/h6-7,12H,2-5,8-10H2,1H3,(H,17,18). The molecular formula is C16H21NO5S. The molecule has 1 aliphatic carbocycles. The van der Waals surface area contributed by atoms with E-state index in [4.69, 9.17) is 9.47 Å². The molecule has 1 aromatic carbocycles. The summed E-state index contributed by atoms with van der Waals surface area (Å²) in [6.45, 7) is 2.31. The quantitative estimate of drug-likeness (QED) is 0.905. The van der Waals surface area contributed by atoms with E-state index in [-0.39, 0.29) is 22.6 Å². The van der Waals surface area contributed by atoms with Crippen molar-refractivity contribution < 1.29 is 22.7 Å². The molecule has 23 heavy (non-hydrogen) atoms. The average Bonchev–Trinajstić information content (AvgIpc) is 3.07. The highest BCUT2D eigenvalue weighted by molar-refractivity contribution is 7.92. The molecule has 0 bridgehead atoms. The molecule has 0 aromatic heterocycles. The van der Waals surface area contributed by atoms with Crippen LogP contribution in [0.2, 0.25) is 0 Å². The Morgan fingerprint density at radius 2 is 1.91 bits per heavy atom. The molecule has 1 N–H and O–H groups in total. The second kappa shape index (κ2) is 6.39. The topological polar surface area (TPSA) is 81.7 Å². The number of sulfone groups is 1. The van der Waals surface area contributed by atoms with Crippen molar-refractivity contribution in [3.8, 4) is 11.5 Å². The summed E-state index contributed by atoms with van der Waals surface area (Å²) in [5, 5.41) is 2.33. The zero-order chi connectivity index (χ0) is 16.4. The molecule has 0 atom stereocenters. The fraction of sp³-hybridized carbons (Fsp3) is 0.562. The third kappa shape index (κ3) is 3.15. The Balaban J connectivity index is 2.06. The van der Waals surface area contributed by atoms with Crippen LogP contribution in [0.25, 0.3) is 0 Å². The van der Waals surface area contributed by atoms with Gasteiger partial charge in [-0.15, -0.1) is 0 Å². The van der Waals surface area contributed by atoms with Gasteiger partial charge in [0, 0.05) is 19.0 Å². The second-order valence-electron chi connectivity index (χ2n) is 5.93. The van der Waals surface area contributed by atoms with Crippen molar-refractivity contribution in [3.63, 3.8) is 0 Å². The van der Waals surface area contributed by atoms with E-state index in [1.807, 2.05) is 0 Å². The van der Waals surface area contributed by atoms with Gasteiger partial charge in [0.05, 0.1) is 10.1 Å². The van der Waals surface area contributed by atoms with E-state index < -0.39 is 9.84 Å². The van der Waals surface area contributed by atoms with Gasteiger partial charge in [0.1, 0.15) is 13.2 Å². The molecule has 1 fully saturated rings. The lowest BCUT2D eigenvalue weighted by molar-refractivity contribution is -0.119. The Morgan fingerprint density at radius 3 is 2.61 bits per heavy atom. The van der Waals surface area contributed by atoms with Gasteiger partial charge in [0.25, 0.3) is 0 Å². The average molecular weight is 339 g/mol. The highest BCUT2D eigenvalue weighted by Gasteiger charge is 2.34. The van der Waals surface area contributed by atoms with Crippen molar-refractivity contribution in [2.24, 2.45) is 0 Å². The van der Waals surface area contributed by atoms with Crippen LogP contribution in [-0.4, -0.2) is 32.8 Å². The number of carbonyl (C=O) groups excluding carboxylic acids is 1. The van der Waals surface area contributed by atoms with Gasteiger partial charge < -0.3 is 14.8 Å². The number of hydrogen-bond acceptors (Lipinski definition) is 5. The SMILES string of the molecule is CC(=O)NCc1c(S(=O)(=O)C2CCCC2)ccc2c1OCCO2. The highest BCUT2D eigenvalue weighted by Crippen LogP contribution is 2.40. The first kappa shape index (κ1) is 16.1. The van der Waals surface area contributed by atoms with Crippen molar-refractivity contribution in [2.75, 3.05) is 13.2 Å². The van der Waals surface area contributed by atoms with Crippen molar-refractivity contribution in [3.05, 3.63) is 17.7 Å². The molecule has 1 aromatic rings. The molecule has 0 unspecified atom stereocenters. The first-order valence-electron chi connectivity index (χ1n) is 7.90. The molecule has 6 nitrogen and oxygen atoms in total. The van der Waals surface area contributed by atoms with Gasteiger partial charge in [0.2, 0.25) is 5.91 Å². The van der Waals surface area contributed by atoms with Crippen LogP contribution in [0.5, 0.6) is 11.5 Å². The summed E-state index contributed by atoms with van der Waals surface area (Å²) < 4.78 is 37.1. The van der Waals surface area contributed by atoms with E-state index >= 15 is 0 Å². The van der Waals surface area contributed by atoms with Gasteiger partial charge in [-0.2, -0.15) is 0 Å². The summed E-state index contributed by atoms with van der Waals surface area (Å²) in [6, 6.07) is 3.23. The first-order chi connectivity index (χ1) is 11.0. The predicted octanol–water partition coefficient (Wildman–Crippen LogP) is 1.81. The minimum Gasteiger partial charge on any atom is -0.486 e. The second-order valence-corrected chi connectivity index (χ2v) is 8.12. The summed E-state index contributed by atoms with van der Waals surface area (Å²) in [5.74, 6) is 0.745. The minimum absolute atomic E-state index is 0.114. The normalized spacial score (nSPS) is 18.0. The van der Waals surface area contributed by atoms with Crippen molar-refractivity contribution >= 4 is 15.7 Å². The minimum atomic E-state index is -3.44. The van der Waals surface area contributed by atoms with Crippen molar-refractivity contribution in [1.82, 2.24) is 5.32 Å². The monoisotopic (exact) mass is 339 g/mol. The smallest absolute Gasteiger partial charge is 0.217 e. The summed E-state index contributed by atoms with van der Waals surface area (Å²) in [4.78, 5) is 11.5. The van der Waals surface area contributed by atoms with Crippen LogP contribution in [0.4, 0.5) is 0 Å². The van der Waals surface area contributed by atoms with Crippen LogP contribution in [0, 0.1) is 0 Å². The van der Waals surface area contributed by atoms with Crippen molar-refractivity contribution in [1.29, 1.82) is 0 Å². The summed E-state index contributed by atoms with van der Waals surface area (Å²) in [5.41, 5.74) is 0.490. The van der Waals surface area contributed by atoms with Gasteiger partial charge >= 0.3 is 0 Å². The molecule has 7 heteroatoms. The van der Waals surface area contributed by atoms with Crippen molar-refractivity contribution in [2.45, 2.75) is 49.3 Å². The molecule has 2 aliphatic rings. The molecule has 0 saturated heterocycles. The molecule has 0 spiro atoms. The van der Waals surface area contributed by atoms with Crippen LogP contribution >= 0.6 is 0 Å². The number of benzene rings is 1. The van der Waals surface area contributed by atoms with E-state index in [1.165, 1.54) is 6.92 Å². The maximum atomic E-state index is 13.0. The van der Waals surface area contributed by atoms with Gasteiger partial charge in [-0.05, 0) is 25.0 Å². The maximum absolute atomic E-state index is 13.0. The van der Waals surface area contributed by atoms with Crippen LogP contribution in [0.15, 0.2) is 17.0 Å². The Labute approximate surface area is 136 Å². The van der Waals surface area contributed by atoms with E-state index in [2.05, 4.69) is 5.32 Å². The third-order valence-electron chi connectivity index (χ3n) is 4.33.